The van der Waals surface area contributed by atoms with Gasteiger partial charge in [-0.1, -0.05) is 36.4 Å². The molecule has 1 unspecified atom stereocenters. The molecule has 0 fully saturated rings. The molecule has 1 amide bonds. The molecule has 188 valence electrons. The molecule has 2 aromatic heterocycles. The van der Waals surface area contributed by atoms with E-state index in [0.29, 0.717) is 36.9 Å². The molecule has 4 rings (SSSR count). The van der Waals surface area contributed by atoms with Gasteiger partial charge in [-0.3, -0.25) is 4.79 Å². The Morgan fingerprint density at radius 3 is 2.50 bits per heavy atom. The zero-order chi connectivity index (χ0) is 25.7. The number of ether oxygens (including phenoxy) is 3. The molecule has 8 nitrogen and oxygen atoms in total. The number of rotatable bonds is 10. The minimum Gasteiger partial charge on any atom is -0.493 e. The van der Waals surface area contributed by atoms with Gasteiger partial charge in [0.1, 0.15) is 0 Å². The molecule has 0 saturated carbocycles. The summed E-state index contributed by atoms with van der Waals surface area (Å²) in [7, 11) is 3.21. The summed E-state index contributed by atoms with van der Waals surface area (Å²) in [6, 6.07) is 17.7. The number of aromatic nitrogens is 3. The first-order chi connectivity index (χ1) is 17.4. The maximum absolute atomic E-state index is 12.8. The Balaban J connectivity index is 1.48. The van der Waals surface area contributed by atoms with Crippen LogP contribution >= 0.6 is 0 Å². The molecule has 2 aromatic carbocycles. The molecule has 2 heterocycles. The number of nitrogens with zero attached hydrogens (tertiary/aromatic N) is 3. The summed E-state index contributed by atoms with van der Waals surface area (Å²) < 4.78 is 18.5. The number of hydrogen-bond acceptors (Lipinski definition) is 6. The van der Waals surface area contributed by atoms with E-state index in [-0.39, 0.29) is 5.91 Å². The second-order valence-corrected chi connectivity index (χ2v) is 8.46. The van der Waals surface area contributed by atoms with Crippen LogP contribution in [-0.4, -0.2) is 47.5 Å². The molecule has 0 radical (unpaired) electrons. The van der Waals surface area contributed by atoms with E-state index in [0.717, 1.165) is 33.4 Å². The predicted octanol–water partition coefficient (Wildman–Crippen LogP) is 4.57. The number of hydrogen-bond donors (Lipinski definition) is 1. The Labute approximate surface area is 211 Å². The fourth-order valence-corrected chi connectivity index (χ4v) is 4.20. The van der Waals surface area contributed by atoms with Gasteiger partial charge in [0.05, 0.1) is 25.3 Å². The zero-order valence-corrected chi connectivity index (χ0v) is 21.4. The van der Waals surface area contributed by atoms with Gasteiger partial charge in [0.2, 0.25) is 5.88 Å². The molecule has 0 aliphatic carbocycles. The van der Waals surface area contributed by atoms with Crippen LogP contribution in [0.5, 0.6) is 17.4 Å². The fourth-order valence-electron chi connectivity index (χ4n) is 4.20. The zero-order valence-electron chi connectivity index (χ0n) is 21.4. The van der Waals surface area contributed by atoms with Gasteiger partial charge in [-0.05, 0) is 56.0 Å². The summed E-state index contributed by atoms with van der Waals surface area (Å²) in [5, 5.41) is 8.58. The van der Waals surface area contributed by atoms with E-state index in [4.69, 9.17) is 19.2 Å². The number of aryl methyl sites for hydroxylation is 2. The minimum absolute atomic E-state index is 0.209. The monoisotopic (exact) mass is 488 g/mol. The number of methoxy groups -OCH3 is 2. The lowest BCUT2D eigenvalue weighted by molar-refractivity contribution is -0.127. The molecule has 0 aliphatic heterocycles. The third-order valence-corrected chi connectivity index (χ3v) is 6.07. The quantitative estimate of drug-likeness (QED) is 0.352. The van der Waals surface area contributed by atoms with Crippen molar-refractivity contribution in [2.75, 3.05) is 20.8 Å². The van der Waals surface area contributed by atoms with Crippen LogP contribution in [0.4, 0.5) is 0 Å². The third-order valence-electron chi connectivity index (χ3n) is 6.07. The average molecular weight is 489 g/mol. The van der Waals surface area contributed by atoms with E-state index in [1.807, 2.05) is 73.1 Å². The molecule has 1 atom stereocenters. The topological polar surface area (TPSA) is 87.5 Å². The number of amides is 1. The summed E-state index contributed by atoms with van der Waals surface area (Å²) in [5.74, 6) is 1.51. The van der Waals surface area contributed by atoms with Crippen molar-refractivity contribution in [2.24, 2.45) is 0 Å². The van der Waals surface area contributed by atoms with Crippen LogP contribution < -0.4 is 19.5 Å². The molecular formula is C28H32N4O4. The van der Waals surface area contributed by atoms with Crippen molar-refractivity contribution in [3.05, 3.63) is 65.9 Å². The fraction of sp³-hybridized carbons (Fsp3) is 0.321. The van der Waals surface area contributed by atoms with Crippen molar-refractivity contribution in [1.29, 1.82) is 0 Å². The average Bonchev–Trinajstić information content (AvgIpc) is 3.23. The van der Waals surface area contributed by atoms with E-state index in [9.17, 15) is 4.79 Å². The predicted molar refractivity (Wildman–Crippen MR) is 140 cm³/mol. The van der Waals surface area contributed by atoms with Gasteiger partial charge in [0.25, 0.3) is 5.91 Å². The number of fused-ring (bicyclic) bond motifs is 1. The molecule has 0 bridgehead atoms. The Morgan fingerprint density at radius 2 is 1.81 bits per heavy atom. The largest absolute Gasteiger partial charge is 0.493 e. The van der Waals surface area contributed by atoms with Crippen molar-refractivity contribution >= 4 is 16.9 Å². The van der Waals surface area contributed by atoms with E-state index in [1.54, 1.807) is 21.1 Å². The summed E-state index contributed by atoms with van der Waals surface area (Å²) >= 11 is 0. The highest BCUT2D eigenvalue weighted by atomic mass is 16.5. The first kappa shape index (κ1) is 25.0. The van der Waals surface area contributed by atoms with Gasteiger partial charge in [-0.15, -0.1) is 0 Å². The van der Waals surface area contributed by atoms with Crippen molar-refractivity contribution in [2.45, 2.75) is 39.8 Å². The van der Waals surface area contributed by atoms with E-state index in [2.05, 4.69) is 10.4 Å². The molecular weight excluding hydrogens is 456 g/mol. The molecule has 36 heavy (non-hydrogen) atoms. The summed E-state index contributed by atoms with van der Waals surface area (Å²) in [6.07, 6.45) is -0.0704. The number of carbonyl (C=O) groups is 1. The Bertz CT molecular complexity index is 1350. The van der Waals surface area contributed by atoms with Crippen LogP contribution in [0.3, 0.4) is 0 Å². The number of nitrogens with one attached hydrogen (secondary N) is 1. The van der Waals surface area contributed by atoms with Gasteiger partial charge in [0.15, 0.2) is 23.3 Å². The van der Waals surface area contributed by atoms with Gasteiger partial charge in [-0.2, -0.15) is 10.1 Å². The molecule has 1 N–H and O–H groups in total. The van der Waals surface area contributed by atoms with E-state index >= 15 is 0 Å². The van der Waals surface area contributed by atoms with Crippen LogP contribution in [0, 0.1) is 6.92 Å². The van der Waals surface area contributed by atoms with Gasteiger partial charge >= 0.3 is 0 Å². The van der Waals surface area contributed by atoms with Crippen LogP contribution in [0.1, 0.15) is 25.1 Å². The number of pyridine rings is 1. The van der Waals surface area contributed by atoms with Gasteiger partial charge < -0.3 is 19.5 Å². The van der Waals surface area contributed by atoms with Crippen molar-refractivity contribution < 1.29 is 19.0 Å². The molecule has 0 saturated heterocycles. The first-order valence-electron chi connectivity index (χ1n) is 12.0. The van der Waals surface area contributed by atoms with Crippen molar-refractivity contribution in [1.82, 2.24) is 20.1 Å². The SMILES string of the molecule is CCn1nc(C)c2c(-c3ccccc3)cc(OC(C)C(=O)NCCc3ccc(OC)c(OC)c3)nc21. The highest BCUT2D eigenvalue weighted by Crippen LogP contribution is 2.33. The summed E-state index contributed by atoms with van der Waals surface area (Å²) in [5.41, 5.74) is 4.71. The van der Waals surface area contributed by atoms with Crippen LogP contribution in [-0.2, 0) is 17.8 Å². The van der Waals surface area contributed by atoms with Gasteiger partial charge in [-0.25, -0.2) is 4.68 Å². The second-order valence-electron chi connectivity index (χ2n) is 8.46. The van der Waals surface area contributed by atoms with Crippen molar-refractivity contribution in [3.8, 4) is 28.5 Å². The maximum Gasteiger partial charge on any atom is 0.260 e. The van der Waals surface area contributed by atoms with Crippen LogP contribution in [0.25, 0.3) is 22.2 Å². The van der Waals surface area contributed by atoms with Crippen molar-refractivity contribution in [3.63, 3.8) is 0 Å². The third kappa shape index (κ3) is 5.27. The highest BCUT2D eigenvalue weighted by molar-refractivity contribution is 5.95. The standard InChI is InChI=1S/C28H32N4O4/c1-6-32-27-26(18(2)31-32)22(21-10-8-7-9-11-21)17-25(30-27)36-19(3)28(33)29-15-14-20-12-13-23(34-4)24(16-20)35-5/h7-13,16-17,19H,6,14-15H2,1-5H3,(H,29,33). The van der Waals surface area contributed by atoms with E-state index in [1.165, 1.54) is 0 Å². The second kappa shape index (κ2) is 11.1. The lowest BCUT2D eigenvalue weighted by Gasteiger charge is -2.16. The summed E-state index contributed by atoms with van der Waals surface area (Å²) in [4.78, 5) is 17.5. The maximum atomic E-state index is 12.8. The normalized spacial score (nSPS) is 11.8. The first-order valence-corrected chi connectivity index (χ1v) is 12.0. The Kier molecular flexibility index (Phi) is 7.73. The number of carbonyl (C=O) groups excluding carboxylic acids is 1. The van der Waals surface area contributed by atoms with Crippen LogP contribution in [0.2, 0.25) is 0 Å². The number of benzene rings is 2. The highest BCUT2D eigenvalue weighted by Gasteiger charge is 2.20. The lowest BCUT2D eigenvalue weighted by Crippen LogP contribution is -2.37. The Morgan fingerprint density at radius 1 is 1.06 bits per heavy atom. The molecule has 8 heteroatoms. The lowest BCUT2D eigenvalue weighted by atomic mass is 10.0. The van der Waals surface area contributed by atoms with E-state index < -0.39 is 6.10 Å². The van der Waals surface area contributed by atoms with Crippen LogP contribution in [0.15, 0.2) is 54.6 Å². The Hall–Kier alpha value is -4.07. The molecule has 0 spiro atoms. The van der Waals surface area contributed by atoms with Gasteiger partial charge in [0, 0.05) is 19.2 Å². The smallest absolute Gasteiger partial charge is 0.260 e. The molecule has 0 aliphatic rings. The minimum atomic E-state index is -0.719. The molecule has 4 aromatic rings. The summed E-state index contributed by atoms with van der Waals surface area (Å²) in [6.45, 7) is 6.88.